The van der Waals surface area contributed by atoms with E-state index in [4.69, 9.17) is 17.3 Å². The van der Waals surface area contributed by atoms with E-state index >= 15 is 0 Å². The van der Waals surface area contributed by atoms with E-state index in [0.29, 0.717) is 5.92 Å². The molecule has 1 nitrogen and oxygen atoms in total. The Morgan fingerprint density at radius 1 is 1.00 bits per heavy atom. The van der Waals surface area contributed by atoms with Crippen molar-refractivity contribution in [1.82, 2.24) is 0 Å². The first-order valence-electron chi connectivity index (χ1n) is 6.73. The molecule has 0 unspecified atom stereocenters. The van der Waals surface area contributed by atoms with Gasteiger partial charge in [-0.15, -0.1) is 0 Å². The molecule has 0 saturated heterocycles. The van der Waals surface area contributed by atoms with E-state index in [2.05, 4.69) is 18.2 Å². The van der Waals surface area contributed by atoms with Gasteiger partial charge in [0.25, 0.3) is 0 Å². The largest absolute Gasteiger partial charge is 0.398 e. The van der Waals surface area contributed by atoms with Crippen LogP contribution >= 0.6 is 11.6 Å². The molecule has 3 rings (SSSR count). The quantitative estimate of drug-likeness (QED) is 0.707. The molecule has 1 aliphatic rings. The van der Waals surface area contributed by atoms with Gasteiger partial charge < -0.3 is 5.73 Å². The van der Waals surface area contributed by atoms with Crippen molar-refractivity contribution in [3.8, 4) is 0 Å². The van der Waals surface area contributed by atoms with E-state index in [1.807, 2.05) is 12.1 Å². The van der Waals surface area contributed by atoms with Crippen LogP contribution in [0.2, 0.25) is 5.02 Å². The second-order valence-electron chi connectivity index (χ2n) is 5.27. The monoisotopic (exact) mass is 259 g/mol. The van der Waals surface area contributed by atoms with Gasteiger partial charge in [0.05, 0.1) is 0 Å². The van der Waals surface area contributed by atoms with Gasteiger partial charge in [-0.25, -0.2) is 0 Å². The lowest BCUT2D eigenvalue weighted by Gasteiger charge is -2.25. The molecule has 0 spiro atoms. The zero-order valence-electron chi connectivity index (χ0n) is 10.5. The molecule has 0 aliphatic heterocycles. The van der Waals surface area contributed by atoms with E-state index in [9.17, 15) is 0 Å². The highest BCUT2D eigenvalue weighted by molar-refractivity contribution is 6.31. The van der Waals surface area contributed by atoms with Crippen molar-refractivity contribution in [2.75, 3.05) is 5.73 Å². The Balaban J connectivity index is 2.18. The van der Waals surface area contributed by atoms with Crippen molar-refractivity contribution < 1.29 is 0 Å². The second kappa shape index (κ2) is 4.81. The summed E-state index contributed by atoms with van der Waals surface area (Å²) in [4.78, 5) is 0. The SMILES string of the molecule is Nc1ccc2ccc(Cl)cc2c1C1CCCCC1. The molecule has 94 valence electrons. The summed E-state index contributed by atoms with van der Waals surface area (Å²) in [6.45, 7) is 0. The first kappa shape index (κ1) is 11.9. The maximum Gasteiger partial charge on any atom is 0.0412 e. The molecule has 2 heteroatoms. The van der Waals surface area contributed by atoms with E-state index in [-0.39, 0.29) is 0 Å². The van der Waals surface area contributed by atoms with E-state index in [1.54, 1.807) is 0 Å². The van der Waals surface area contributed by atoms with Gasteiger partial charge in [0.1, 0.15) is 0 Å². The molecule has 1 saturated carbocycles. The minimum atomic E-state index is 0.612. The number of rotatable bonds is 1. The Hall–Kier alpha value is -1.21. The van der Waals surface area contributed by atoms with Crippen molar-refractivity contribution >= 4 is 28.1 Å². The van der Waals surface area contributed by atoms with Crippen molar-refractivity contribution in [2.24, 2.45) is 0 Å². The maximum atomic E-state index is 6.22. The number of hydrogen-bond acceptors (Lipinski definition) is 1. The summed E-state index contributed by atoms with van der Waals surface area (Å²) in [6.07, 6.45) is 6.52. The smallest absolute Gasteiger partial charge is 0.0412 e. The summed E-state index contributed by atoms with van der Waals surface area (Å²) in [6, 6.07) is 10.2. The van der Waals surface area contributed by atoms with Gasteiger partial charge in [0.15, 0.2) is 0 Å². The highest BCUT2D eigenvalue weighted by atomic mass is 35.5. The molecule has 0 atom stereocenters. The molecule has 0 aromatic heterocycles. The standard InChI is InChI=1S/C16H18ClN/c17-13-8-6-11-7-9-15(18)16(14(11)10-13)12-4-2-1-3-5-12/h6-10,12H,1-5,18H2. The summed E-state index contributed by atoms with van der Waals surface area (Å²) >= 11 is 6.14. The second-order valence-corrected chi connectivity index (χ2v) is 5.71. The highest BCUT2D eigenvalue weighted by Gasteiger charge is 2.20. The molecule has 0 radical (unpaired) electrons. The number of hydrogen-bond donors (Lipinski definition) is 1. The van der Waals surface area contributed by atoms with Crippen molar-refractivity contribution in [3.63, 3.8) is 0 Å². The molecular weight excluding hydrogens is 242 g/mol. The third-order valence-corrected chi connectivity index (χ3v) is 4.31. The molecule has 0 amide bonds. The fourth-order valence-corrected chi connectivity index (χ4v) is 3.35. The number of nitrogen functional groups attached to an aromatic ring is 1. The number of anilines is 1. The first-order valence-corrected chi connectivity index (χ1v) is 7.11. The summed E-state index contributed by atoms with van der Waals surface area (Å²) in [5, 5.41) is 3.29. The summed E-state index contributed by atoms with van der Waals surface area (Å²) in [5.41, 5.74) is 8.48. The Labute approximate surface area is 113 Å². The molecule has 2 N–H and O–H groups in total. The van der Waals surface area contributed by atoms with E-state index in [1.165, 1.54) is 48.4 Å². The molecule has 0 bridgehead atoms. The number of benzene rings is 2. The average molecular weight is 260 g/mol. The molecule has 2 aromatic carbocycles. The van der Waals surface area contributed by atoms with Crippen molar-refractivity contribution in [1.29, 1.82) is 0 Å². The lowest BCUT2D eigenvalue weighted by atomic mass is 9.81. The molecule has 1 aliphatic carbocycles. The maximum absolute atomic E-state index is 6.22. The van der Waals surface area contributed by atoms with Crippen LogP contribution in [0, 0.1) is 0 Å². The van der Waals surface area contributed by atoms with Crippen LogP contribution in [-0.4, -0.2) is 0 Å². The predicted octanol–water partition coefficient (Wildman–Crippen LogP) is 5.12. The van der Waals surface area contributed by atoms with Crippen LogP contribution in [-0.2, 0) is 0 Å². The lowest BCUT2D eigenvalue weighted by molar-refractivity contribution is 0.446. The van der Waals surface area contributed by atoms with Crippen LogP contribution in [0.25, 0.3) is 10.8 Å². The average Bonchev–Trinajstić information content (AvgIpc) is 2.39. The topological polar surface area (TPSA) is 26.0 Å². The third kappa shape index (κ3) is 2.08. The Bertz CT molecular complexity index is 565. The van der Waals surface area contributed by atoms with Crippen LogP contribution < -0.4 is 5.73 Å². The van der Waals surface area contributed by atoms with Gasteiger partial charge in [-0.1, -0.05) is 43.0 Å². The van der Waals surface area contributed by atoms with Crippen molar-refractivity contribution in [3.05, 3.63) is 40.9 Å². The van der Waals surface area contributed by atoms with Crippen LogP contribution in [0.15, 0.2) is 30.3 Å². The Morgan fingerprint density at radius 2 is 1.72 bits per heavy atom. The van der Waals surface area contributed by atoms with Gasteiger partial charge in [0.2, 0.25) is 0 Å². The zero-order chi connectivity index (χ0) is 12.5. The predicted molar refractivity (Wildman–Crippen MR) is 79.2 cm³/mol. The molecule has 18 heavy (non-hydrogen) atoms. The van der Waals surface area contributed by atoms with Crippen LogP contribution in [0.3, 0.4) is 0 Å². The Kier molecular flexibility index (Phi) is 3.17. The zero-order valence-corrected chi connectivity index (χ0v) is 11.2. The van der Waals surface area contributed by atoms with E-state index in [0.717, 1.165) is 10.7 Å². The first-order chi connectivity index (χ1) is 8.75. The number of nitrogens with two attached hydrogens (primary N) is 1. The number of fused-ring (bicyclic) bond motifs is 1. The Morgan fingerprint density at radius 3 is 2.50 bits per heavy atom. The van der Waals surface area contributed by atoms with Crippen molar-refractivity contribution in [2.45, 2.75) is 38.0 Å². The lowest BCUT2D eigenvalue weighted by Crippen LogP contribution is -2.08. The van der Waals surface area contributed by atoms with Crippen LogP contribution in [0.5, 0.6) is 0 Å². The van der Waals surface area contributed by atoms with Gasteiger partial charge in [-0.2, -0.15) is 0 Å². The minimum absolute atomic E-state index is 0.612. The molecule has 2 aromatic rings. The van der Waals surface area contributed by atoms with Gasteiger partial charge in [0, 0.05) is 10.7 Å². The summed E-state index contributed by atoms with van der Waals surface area (Å²) in [7, 11) is 0. The fourth-order valence-electron chi connectivity index (χ4n) is 3.18. The summed E-state index contributed by atoms with van der Waals surface area (Å²) < 4.78 is 0. The normalized spacial score (nSPS) is 17.2. The minimum Gasteiger partial charge on any atom is -0.398 e. The van der Waals surface area contributed by atoms with Gasteiger partial charge in [-0.05, 0) is 53.3 Å². The van der Waals surface area contributed by atoms with Crippen LogP contribution in [0.1, 0.15) is 43.6 Å². The fraction of sp³-hybridized carbons (Fsp3) is 0.375. The van der Waals surface area contributed by atoms with Gasteiger partial charge in [-0.3, -0.25) is 0 Å². The number of halogens is 1. The third-order valence-electron chi connectivity index (χ3n) is 4.07. The summed E-state index contributed by atoms with van der Waals surface area (Å²) in [5.74, 6) is 0.612. The molecule has 0 heterocycles. The van der Waals surface area contributed by atoms with Gasteiger partial charge >= 0.3 is 0 Å². The molecule has 1 fully saturated rings. The molecular formula is C16H18ClN. The highest BCUT2D eigenvalue weighted by Crippen LogP contribution is 2.40. The van der Waals surface area contributed by atoms with Crippen LogP contribution in [0.4, 0.5) is 5.69 Å². The van der Waals surface area contributed by atoms with E-state index < -0.39 is 0 Å².